The summed E-state index contributed by atoms with van der Waals surface area (Å²) in [5.41, 5.74) is 0.759. The lowest BCUT2D eigenvalue weighted by Gasteiger charge is -2.08. The Morgan fingerprint density at radius 2 is 1.91 bits per heavy atom. The van der Waals surface area contributed by atoms with E-state index >= 15 is 0 Å². The molecule has 0 aliphatic heterocycles. The largest absolute Gasteiger partial charge is 0.457 e. The quantitative estimate of drug-likeness (QED) is 0.649. The number of ether oxygens (including phenoxy) is 1. The van der Waals surface area contributed by atoms with E-state index in [-0.39, 0.29) is 5.69 Å². The minimum absolute atomic E-state index is 0.305. The van der Waals surface area contributed by atoms with Crippen molar-refractivity contribution in [2.75, 3.05) is 0 Å². The number of H-pyrrole nitrogens is 2. The summed E-state index contributed by atoms with van der Waals surface area (Å²) < 4.78 is 5.79. The van der Waals surface area contributed by atoms with E-state index in [2.05, 4.69) is 20.5 Å². The lowest BCUT2D eigenvalue weighted by molar-refractivity contribution is 0.481. The van der Waals surface area contributed by atoms with Crippen LogP contribution in [0, 0.1) is 0 Å². The fourth-order valence-electron chi connectivity index (χ4n) is 2.07. The molecule has 0 aliphatic rings. The van der Waals surface area contributed by atoms with Crippen molar-refractivity contribution in [3.8, 4) is 11.5 Å². The van der Waals surface area contributed by atoms with Gasteiger partial charge < -0.3 is 10.1 Å². The summed E-state index contributed by atoms with van der Waals surface area (Å²) in [4.78, 5) is 13.5. The number of hydrogen-bond donors (Lipinski definition) is 3. The first-order valence-electron chi connectivity index (χ1n) is 7.06. The average Bonchev–Trinajstić information content (AvgIpc) is 2.96. The van der Waals surface area contributed by atoms with Crippen LogP contribution in [0.4, 0.5) is 0 Å². The molecule has 0 atom stereocenters. The van der Waals surface area contributed by atoms with Gasteiger partial charge in [-0.15, -0.1) is 0 Å². The van der Waals surface area contributed by atoms with Crippen molar-refractivity contribution in [2.24, 2.45) is 0 Å². The molecule has 0 aliphatic carbocycles. The van der Waals surface area contributed by atoms with E-state index in [4.69, 9.17) is 16.3 Å². The predicted octanol–water partition coefficient (Wildman–Crippen LogP) is 2.83. The van der Waals surface area contributed by atoms with Crippen LogP contribution in [0.25, 0.3) is 0 Å². The number of benzene rings is 2. The number of rotatable bonds is 6. The van der Waals surface area contributed by atoms with Gasteiger partial charge in [-0.25, -0.2) is 9.89 Å². The van der Waals surface area contributed by atoms with E-state index in [1.54, 1.807) is 12.1 Å². The van der Waals surface area contributed by atoms with Crippen LogP contribution in [0.5, 0.6) is 11.5 Å². The monoisotopic (exact) mass is 330 g/mol. The second kappa shape index (κ2) is 7.13. The van der Waals surface area contributed by atoms with Gasteiger partial charge in [0.1, 0.15) is 17.3 Å². The van der Waals surface area contributed by atoms with E-state index in [0.29, 0.717) is 23.9 Å². The molecule has 0 amide bonds. The normalized spacial score (nSPS) is 10.7. The van der Waals surface area contributed by atoms with E-state index in [0.717, 1.165) is 17.1 Å². The van der Waals surface area contributed by atoms with Crippen molar-refractivity contribution in [1.82, 2.24) is 20.5 Å². The molecular formula is C16H15ClN4O2. The highest BCUT2D eigenvalue weighted by Crippen LogP contribution is 2.23. The van der Waals surface area contributed by atoms with Crippen LogP contribution in [0.15, 0.2) is 53.3 Å². The molecule has 0 fully saturated rings. The van der Waals surface area contributed by atoms with Gasteiger partial charge >= 0.3 is 5.69 Å². The lowest BCUT2D eigenvalue weighted by Crippen LogP contribution is -2.14. The molecule has 0 bridgehead atoms. The first kappa shape index (κ1) is 15.3. The van der Waals surface area contributed by atoms with E-state index in [1.807, 2.05) is 36.4 Å². The molecule has 7 heteroatoms. The van der Waals surface area contributed by atoms with Gasteiger partial charge in [-0.1, -0.05) is 23.7 Å². The molecule has 3 aromatic rings. The molecule has 23 heavy (non-hydrogen) atoms. The van der Waals surface area contributed by atoms with Crippen LogP contribution >= 0.6 is 11.6 Å². The summed E-state index contributed by atoms with van der Waals surface area (Å²) in [7, 11) is 0. The van der Waals surface area contributed by atoms with Crippen molar-refractivity contribution >= 4 is 11.6 Å². The first-order chi connectivity index (χ1) is 11.2. The van der Waals surface area contributed by atoms with Crippen LogP contribution in [-0.4, -0.2) is 15.2 Å². The van der Waals surface area contributed by atoms with Crippen molar-refractivity contribution in [1.29, 1.82) is 0 Å². The zero-order chi connectivity index (χ0) is 16.1. The number of nitrogens with zero attached hydrogens (tertiary/aromatic N) is 1. The maximum absolute atomic E-state index is 10.9. The Morgan fingerprint density at radius 3 is 2.65 bits per heavy atom. The van der Waals surface area contributed by atoms with Crippen LogP contribution in [0.2, 0.25) is 5.02 Å². The summed E-state index contributed by atoms with van der Waals surface area (Å²) in [6.07, 6.45) is 0. The van der Waals surface area contributed by atoms with Crippen molar-refractivity contribution < 1.29 is 4.74 Å². The molecule has 0 radical (unpaired) electrons. The smallest absolute Gasteiger partial charge is 0.340 e. The average molecular weight is 331 g/mol. The minimum atomic E-state index is -0.305. The van der Waals surface area contributed by atoms with Crippen LogP contribution in [0.3, 0.4) is 0 Å². The van der Waals surface area contributed by atoms with Crippen molar-refractivity contribution in [2.45, 2.75) is 13.1 Å². The molecule has 1 heterocycles. The van der Waals surface area contributed by atoms with E-state index in [9.17, 15) is 4.79 Å². The Balaban J connectivity index is 1.58. The van der Waals surface area contributed by atoms with E-state index in [1.165, 1.54) is 0 Å². The highest BCUT2D eigenvalue weighted by Gasteiger charge is 2.01. The third-order valence-corrected chi connectivity index (χ3v) is 3.37. The third-order valence-electron chi connectivity index (χ3n) is 3.12. The minimum Gasteiger partial charge on any atom is -0.457 e. The predicted molar refractivity (Wildman–Crippen MR) is 87.7 cm³/mol. The number of halogens is 1. The summed E-state index contributed by atoms with van der Waals surface area (Å²) in [6, 6.07) is 15.0. The SMILES string of the molecule is O=c1[nH]nc(CNCc2cccc(Oc3ccc(Cl)cc3)c2)[nH]1. The zero-order valence-electron chi connectivity index (χ0n) is 12.2. The second-order valence-corrected chi connectivity index (χ2v) is 5.37. The van der Waals surface area contributed by atoms with Gasteiger partial charge in [-0.3, -0.25) is 4.98 Å². The molecule has 3 rings (SSSR count). The Hall–Kier alpha value is -2.57. The summed E-state index contributed by atoms with van der Waals surface area (Å²) in [6.45, 7) is 1.10. The van der Waals surface area contributed by atoms with Crippen LogP contribution < -0.4 is 15.7 Å². The van der Waals surface area contributed by atoms with Crippen molar-refractivity contribution in [3.05, 3.63) is 75.4 Å². The molecule has 0 unspecified atom stereocenters. The van der Waals surface area contributed by atoms with Crippen molar-refractivity contribution in [3.63, 3.8) is 0 Å². The summed E-state index contributed by atoms with van der Waals surface area (Å²) in [5.74, 6) is 2.05. The Labute approximate surface area is 137 Å². The maximum atomic E-state index is 10.9. The lowest BCUT2D eigenvalue weighted by atomic mass is 10.2. The molecule has 2 aromatic carbocycles. The highest BCUT2D eigenvalue weighted by molar-refractivity contribution is 6.30. The van der Waals surface area contributed by atoms with Gasteiger partial charge in [0.15, 0.2) is 0 Å². The molecular weight excluding hydrogens is 316 g/mol. The van der Waals surface area contributed by atoms with Gasteiger partial charge in [0.25, 0.3) is 0 Å². The summed E-state index contributed by atoms with van der Waals surface area (Å²) >= 11 is 5.86. The Kier molecular flexibility index (Phi) is 4.75. The number of aromatic amines is 2. The van der Waals surface area contributed by atoms with Gasteiger partial charge in [0.2, 0.25) is 0 Å². The van der Waals surface area contributed by atoms with Crippen LogP contribution in [0.1, 0.15) is 11.4 Å². The molecule has 0 saturated heterocycles. The first-order valence-corrected chi connectivity index (χ1v) is 7.43. The molecule has 118 valence electrons. The van der Waals surface area contributed by atoms with E-state index < -0.39 is 0 Å². The van der Waals surface area contributed by atoms with Crippen LogP contribution in [-0.2, 0) is 13.1 Å². The Morgan fingerprint density at radius 1 is 1.09 bits per heavy atom. The molecule has 0 spiro atoms. The third kappa shape index (κ3) is 4.45. The van der Waals surface area contributed by atoms with Gasteiger partial charge in [0.05, 0.1) is 6.54 Å². The number of aromatic nitrogens is 3. The Bertz CT molecular complexity index is 826. The van der Waals surface area contributed by atoms with Gasteiger partial charge in [-0.05, 0) is 42.0 Å². The number of nitrogens with one attached hydrogen (secondary N) is 3. The fraction of sp³-hybridized carbons (Fsp3) is 0.125. The van der Waals surface area contributed by atoms with Gasteiger partial charge in [0, 0.05) is 11.6 Å². The zero-order valence-corrected chi connectivity index (χ0v) is 12.9. The summed E-state index contributed by atoms with van der Waals surface area (Å²) in [5, 5.41) is 10.0. The molecule has 0 saturated carbocycles. The van der Waals surface area contributed by atoms with Gasteiger partial charge in [-0.2, -0.15) is 5.10 Å². The standard InChI is InChI=1S/C16H15ClN4O2/c17-12-4-6-13(7-5-12)23-14-3-1-2-11(8-14)9-18-10-15-19-16(22)21-20-15/h1-8,18H,9-10H2,(H2,19,20,21,22). The number of hydrogen-bond acceptors (Lipinski definition) is 4. The molecule has 1 aromatic heterocycles. The topological polar surface area (TPSA) is 82.8 Å². The highest BCUT2D eigenvalue weighted by atomic mass is 35.5. The molecule has 3 N–H and O–H groups in total. The fourth-order valence-corrected chi connectivity index (χ4v) is 2.20. The maximum Gasteiger partial charge on any atom is 0.340 e. The second-order valence-electron chi connectivity index (χ2n) is 4.93. The molecule has 6 nitrogen and oxygen atoms in total.